The zero-order valence-corrected chi connectivity index (χ0v) is 13.1. The van der Waals surface area contributed by atoms with E-state index in [0.717, 1.165) is 10.0 Å². The van der Waals surface area contributed by atoms with Gasteiger partial charge in [-0.2, -0.15) is 0 Å². The molecule has 2 rings (SSSR count). The van der Waals surface area contributed by atoms with Gasteiger partial charge in [0.15, 0.2) is 11.5 Å². The molecule has 0 aromatic heterocycles. The van der Waals surface area contributed by atoms with Gasteiger partial charge in [0.05, 0.1) is 4.47 Å². The Balaban J connectivity index is 2.03. The second-order valence-corrected chi connectivity index (χ2v) is 6.07. The average molecular weight is 344 g/mol. The Morgan fingerprint density at radius 2 is 2.20 bits per heavy atom. The Morgan fingerprint density at radius 1 is 1.45 bits per heavy atom. The van der Waals surface area contributed by atoms with E-state index < -0.39 is 12.0 Å². The highest BCUT2D eigenvalue weighted by Crippen LogP contribution is 2.39. The number of ether oxygens (including phenoxy) is 2. The van der Waals surface area contributed by atoms with Gasteiger partial charge in [-0.15, -0.1) is 0 Å². The third-order valence-corrected chi connectivity index (χ3v) is 3.63. The summed E-state index contributed by atoms with van der Waals surface area (Å²) in [6.45, 7) is 4.71. The van der Waals surface area contributed by atoms with Gasteiger partial charge in [-0.1, -0.05) is 13.8 Å². The molecule has 20 heavy (non-hydrogen) atoms. The summed E-state index contributed by atoms with van der Waals surface area (Å²) in [6, 6.07) is 3.24. The maximum Gasteiger partial charge on any atom is 0.320 e. The van der Waals surface area contributed by atoms with Crippen LogP contribution >= 0.6 is 15.9 Å². The SMILES string of the molecule is CC(C)CC(NCc1cc(Br)c2c(c1)OCO2)C(=O)O. The summed E-state index contributed by atoms with van der Waals surface area (Å²) in [5.74, 6) is 0.892. The lowest BCUT2D eigenvalue weighted by Gasteiger charge is -2.16. The quantitative estimate of drug-likeness (QED) is 0.831. The summed E-state index contributed by atoms with van der Waals surface area (Å²) in [7, 11) is 0. The molecule has 0 bridgehead atoms. The zero-order chi connectivity index (χ0) is 14.7. The number of nitrogens with one attached hydrogen (secondary N) is 1. The lowest BCUT2D eigenvalue weighted by Crippen LogP contribution is -2.37. The van der Waals surface area contributed by atoms with Crippen molar-refractivity contribution in [3.05, 3.63) is 22.2 Å². The Kier molecular flexibility index (Phi) is 4.88. The number of carbonyl (C=O) groups is 1. The lowest BCUT2D eigenvalue weighted by molar-refractivity contribution is -0.140. The minimum absolute atomic E-state index is 0.218. The Labute approximate surface area is 126 Å². The van der Waals surface area contributed by atoms with Gasteiger partial charge in [-0.3, -0.25) is 4.79 Å². The van der Waals surface area contributed by atoms with Crippen LogP contribution in [0.2, 0.25) is 0 Å². The number of aliphatic carboxylic acids is 1. The maximum atomic E-state index is 11.2. The van der Waals surface area contributed by atoms with Gasteiger partial charge < -0.3 is 19.9 Å². The molecule has 1 unspecified atom stereocenters. The van der Waals surface area contributed by atoms with Crippen LogP contribution in [0.25, 0.3) is 0 Å². The van der Waals surface area contributed by atoms with Crippen molar-refractivity contribution in [3.8, 4) is 11.5 Å². The number of hydrogen-bond acceptors (Lipinski definition) is 4. The van der Waals surface area contributed by atoms with E-state index in [2.05, 4.69) is 21.2 Å². The first-order valence-electron chi connectivity index (χ1n) is 6.51. The van der Waals surface area contributed by atoms with E-state index >= 15 is 0 Å². The van der Waals surface area contributed by atoms with Crippen LogP contribution in [0, 0.1) is 5.92 Å². The molecule has 0 spiro atoms. The van der Waals surface area contributed by atoms with Gasteiger partial charge in [0, 0.05) is 6.54 Å². The van der Waals surface area contributed by atoms with Gasteiger partial charge in [0.1, 0.15) is 6.04 Å². The Morgan fingerprint density at radius 3 is 2.85 bits per heavy atom. The van der Waals surface area contributed by atoms with E-state index in [4.69, 9.17) is 9.47 Å². The molecule has 0 saturated carbocycles. The smallest absolute Gasteiger partial charge is 0.320 e. The molecule has 0 saturated heterocycles. The van der Waals surface area contributed by atoms with Gasteiger partial charge in [0.2, 0.25) is 6.79 Å². The van der Waals surface area contributed by atoms with Crippen LogP contribution in [-0.4, -0.2) is 23.9 Å². The Bertz CT molecular complexity index is 504. The van der Waals surface area contributed by atoms with E-state index in [9.17, 15) is 9.90 Å². The third-order valence-electron chi connectivity index (χ3n) is 3.04. The summed E-state index contributed by atoms with van der Waals surface area (Å²) in [5.41, 5.74) is 0.955. The molecule has 110 valence electrons. The Hall–Kier alpha value is -1.27. The minimum atomic E-state index is -0.821. The van der Waals surface area contributed by atoms with Gasteiger partial charge in [-0.25, -0.2) is 0 Å². The second-order valence-electron chi connectivity index (χ2n) is 5.21. The van der Waals surface area contributed by atoms with E-state index in [1.54, 1.807) is 0 Å². The van der Waals surface area contributed by atoms with E-state index in [1.165, 1.54) is 0 Å². The number of fused-ring (bicyclic) bond motifs is 1. The molecule has 6 heteroatoms. The molecule has 1 aromatic carbocycles. The predicted octanol–water partition coefficient (Wildman–Crippen LogP) is 2.77. The summed E-state index contributed by atoms with van der Waals surface area (Å²) in [6.07, 6.45) is 0.598. The number of hydrogen-bond donors (Lipinski definition) is 2. The van der Waals surface area contributed by atoms with Crippen LogP contribution in [0.4, 0.5) is 0 Å². The molecular formula is C14H18BrNO4. The van der Waals surface area contributed by atoms with E-state index in [-0.39, 0.29) is 6.79 Å². The molecule has 5 nitrogen and oxygen atoms in total. The van der Waals surface area contributed by atoms with Crippen molar-refractivity contribution in [1.29, 1.82) is 0 Å². The number of carboxylic acid groups (broad SMARTS) is 1. The fourth-order valence-electron chi connectivity index (χ4n) is 2.11. The molecule has 1 aliphatic rings. The zero-order valence-electron chi connectivity index (χ0n) is 11.5. The normalized spacial score (nSPS) is 14.6. The van der Waals surface area contributed by atoms with Crippen molar-refractivity contribution in [2.24, 2.45) is 5.92 Å². The number of carboxylic acids is 1. The van der Waals surface area contributed by atoms with Crippen LogP contribution in [0.3, 0.4) is 0 Å². The molecule has 0 fully saturated rings. The highest BCUT2D eigenvalue weighted by Gasteiger charge is 2.20. The molecule has 1 heterocycles. The van der Waals surface area contributed by atoms with Crippen molar-refractivity contribution < 1.29 is 19.4 Å². The van der Waals surface area contributed by atoms with Gasteiger partial charge in [0.25, 0.3) is 0 Å². The molecule has 0 radical (unpaired) electrons. The van der Waals surface area contributed by atoms with Crippen molar-refractivity contribution in [3.63, 3.8) is 0 Å². The summed E-state index contributed by atoms with van der Waals surface area (Å²) < 4.78 is 11.5. The molecule has 0 aliphatic carbocycles. The first kappa shape index (κ1) is 15.1. The van der Waals surface area contributed by atoms with Crippen molar-refractivity contribution >= 4 is 21.9 Å². The molecule has 2 N–H and O–H groups in total. The van der Waals surface area contributed by atoms with E-state index in [1.807, 2.05) is 26.0 Å². The monoisotopic (exact) mass is 343 g/mol. The minimum Gasteiger partial charge on any atom is -0.480 e. The van der Waals surface area contributed by atoms with Crippen LogP contribution < -0.4 is 14.8 Å². The molecular weight excluding hydrogens is 326 g/mol. The number of rotatable bonds is 6. The fraction of sp³-hybridized carbons (Fsp3) is 0.500. The van der Waals surface area contributed by atoms with Crippen LogP contribution in [0.15, 0.2) is 16.6 Å². The first-order valence-corrected chi connectivity index (χ1v) is 7.31. The lowest BCUT2D eigenvalue weighted by atomic mass is 10.0. The molecule has 1 atom stereocenters. The van der Waals surface area contributed by atoms with Crippen LogP contribution in [0.1, 0.15) is 25.8 Å². The third kappa shape index (κ3) is 3.64. The average Bonchev–Trinajstić information content (AvgIpc) is 2.82. The highest BCUT2D eigenvalue weighted by molar-refractivity contribution is 9.10. The van der Waals surface area contributed by atoms with Crippen molar-refractivity contribution in [1.82, 2.24) is 5.32 Å². The molecule has 1 aliphatic heterocycles. The number of halogens is 1. The van der Waals surface area contributed by atoms with Crippen molar-refractivity contribution in [2.75, 3.05) is 6.79 Å². The maximum absolute atomic E-state index is 11.2. The predicted molar refractivity (Wildman–Crippen MR) is 78.0 cm³/mol. The van der Waals surface area contributed by atoms with Gasteiger partial charge >= 0.3 is 5.97 Å². The summed E-state index contributed by atoms with van der Waals surface area (Å²) >= 11 is 3.43. The fourth-order valence-corrected chi connectivity index (χ4v) is 2.71. The molecule has 0 amide bonds. The largest absolute Gasteiger partial charge is 0.480 e. The first-order chi connectivity index (χ1) is 9.47. The standard InChI is InChI=1S/C14H18BrNO4/c1-8(2)3-11(14(17)18)16-6-9-4-10(15)13-12(5-9)19-7-20-13/h4-5,8,11,16H,3,6-7H2,1-2H3,(H,17,18). The van der Waals surface area contributed by atoms with Crippen molar-refractivity contribution in [2.45, 2.75) is 32.9 Å². The highest BCUT2D eigenvalue weighted by atomic mass is 79.9. The van der Waals surface area contributed by atoms with Crippen LogP contribution in [0.5, 0.6) is 11.5 Å². The number of benzene rings is 1. The summed E-state index contributed by atoms with van der Waals surface area (Å²) in [5, 5.41) is 12.3. The molecule has 1 aromatic rings. The summed E-state index contributed by atoms with van der Waals surface area (Å²) in [4.78, 5) is 11.2. The topological polar surface area (TPSA) is 67.8 Å². The van der Waals surface area contributed by atoms with Gasteiger partial charge in [-0.05, 0) is 46.0 Å². The van der Waals surface area contributed by atoms with Crippen LogP contribution in [-0.2, 0) is 11.3 Å². The second kappa shape index (κ2) is 6.45. The van der Waals surface area contributed by atoms with E-state index in [0.29, 0.717) is 30.4 Å².